The molecule has 3 heteroatoms. The van der Waals surface area contributed by atoms with E-state index in [-0.39, 0.29) is 12.0 Å². The van der Waals surface area contributed by atoms with Crippen molar-refractivity contribution in [1.29, 1.82) is 5.26 Å². The minimum Gasteiger partial charge on any atom is -0.493 e. The van der Waals surface area contributed by atoms with Gasteiger partial charge in [-0.1, -0.05) is 18.2 Å². The summed E-state index contributed by atoms with van der Waals surface area (Å²) in [6.45, 7) is 6.39. The Morgan fingerprint density at radius 1 is 1.39 bits per heavy atom. The van der Waals surface area contributed by atoms with Crippen molar-refractivity contribution in [2.24, 2.45) is 5.41 Å². The van der Waals surface area contributed by atoms with E-state index in [2.05, 4.69) is 6.07 Å². The monoisotopic (exact) mass is 247 g/mol. The molecule has 0 aliphatic rings. The van der Waals surface area contributed by atoms with Crippen molar-refractivity contribution in [3.05, 3.63) is 29.3 Å². The number of para-hydroxylation sites is 1. The summed E-state index contributed by atoms with van der Waals surface area (Å²) in [7, 11) is 0. The topological polar surface area (TPSA) is 53.2 Å². The Bertz CT molecular complexity index is 433. The summed E-state index contributed by atoms with van der Waals surface area (Å²) in [6, 6.07) is 8.02. The molecule has 3 nitrogen and oxygen atoms in total. The molecule has 0 bridgehead atoms. The van der Waals surface area contributed by atoms with Crippen LogP contribution in [0, 0.1) is 23.7 Å². The molecule has 1 aromatic carbocycles. The maximum Gasteiger partial charge on any atom is 0.127 e. The smallest absolute Gasteiger partial charge is 0.127 e. The lowest BCUT2D eigenvalue weighted by molar-refractivity contribution is 0.253. The SMILES string of the molecule is Cc1cccc(CO)c1OCCCC(C)(C)C#N. The van der Waals surface area contributed by atoms with Crippen LogP contribution in [0.2, 0.25) is 0 Å². The molecule has 1 rings (SSSR count). The van der Waals surface area contributed by atoms with Gasteiger partial charge in [0.25, 0.3) is 0 Å². The second-order valence-corrected chi connectivity index (χ2v) is 5.17. The van der Waals surface area contributed by atoms with Gasteiger partial charge in [0.1, 0.15) is 5.75 Å². The van der Waals surface area contributed by atoms with Crippen LogP contribution in [0.15, 0.2) is 18.2 Å². The molecular formula is C15H21NO2. The summed E-state index contributed by atoms with van der Waals surface area (Å²) < 4.78 is 5.73. The van der Waals surface area contributed by atoms with Crippen molar-refractivity contribution in [3.63, 3.8) is 0 Å². The maximum atomic E-state index is 9.24. The molecule has 0 aliphatic heterocycles. The molecule has 1 aromatic rings. The van der Waals surface area contributed by atoms with E-state index in [9.17, 15) is 5.11 Å². The molecule has 0 radical (unpaired) electrons. The first-order valence-corrected chi connectivity index (χ1v) is 6.23. The molecule has 1 N–H and O–H groups in total. The summed E-state index contributed by atoms with van der Waals surface area (Å²) in [5.41, 5.74) is 1.55. The molecule has 0 amide bonds. The highest BCUT2D eigenvalue weighted by Gasteiger charge is 2.16. The first-order valence-electron chi connectivity index (χ1n) is 6.23. The lowest BCUT2D eigenvalue weighted by Gasteiger charge is -2.16. The Kier molecular flexibility index (Phi) is 5.18. The zero-order valence-corrected chi connectivity index (χ0v) is 11.4. The molecule has 0 fully saturated rings. The molecule has 0 saturated carbocycles. The number of aliphatic hydroxyl groups excluding tert-OH is 1. The lowest BCUT2D eigenvalue weighted by Crippen LogP contribution is -2.10. The van der Waals surface area contributed by atoms with Crippen LogP contribution in [0.5, 0.6) is 5.75 Å². The predicted octanol–water partition coefficient (Wildman–Crippen LogP) is 3.20. The van der Waals surface area contributed by atoms with E-state index < -0.39 is 0 Å². The van der Waals surface area contributed by atoms with Crippen LogP contribution in [-0.2, 0) is 6.61 Å². The highest BCUT2D eigenvalue weighted by atomic mass is 16.5. The van der Waals surface area contributed by atoms with E-state index in [4.69, 9.17) is 10.00 Å². The van der Waals surface area contributed by atoms with E-state index in [0.29, 0.717) is 6.61 Å². The Labute approximate surface area is 109 Å². The van der Waals surface area contributed by atoms with Gasteiger partial charge in [-0.25, -0.2) is 0 Å². The Hall–Kier alpha value is -1.53. The van der Waals surface area contributed by atoms with Gasteiger partial charge < -0.3 is 9.84 Å². The molecule has 98 valence electrons. The van der Waals surface area contributed by atoms with Crippen molar-refractivity contribution in [2.75, 3.05) is 6.61 Å². The van der Waals surface area contributed by atoms with Gasteiger partial charge in [0, 0.05) is 5.56 Å². The van der Waals surface area contributed by atoms with E-state index in [1.165, 1.54) is 0 Å². The summed E-state index contributed by atoms with van der Waals surface area (Å²) in [4.78, 5) is 0. The van der Waals surface area contributed by atoms with E-state index in [0.717, 1.165) is 29.7 Å². The van der Waals surface area contributed by atoms with Gasteiger partial charge in [0.05, 0.1) is 24.7 Å². The van der Waals surface area contributed by atoms with Gasteiger partial charge in [0.15, 0.2) is 0 Å². The molecule has 0 atom stereocenters. The minimum absolute atomic E-state index is 0.0132. The Morgan fingerprint density at radius 2 is 2.11 bits per heavy atom. The number of aryl methyl sites for hydroxylation is 1. The number of hydrogen-bond donors (Lipinski definition) is 1. The molecule has 0 spiro atoms. The summed E-state index contributed by atoms with van der Waals surface area (Å²) in [5.74, 6) is 0.773. The third kappa shape index (κ3) is 4.05. The number of aliphatic hydroxyl groups is 1. The van der Waals surface area contributed by atoms with Gasteiger partial charge >= 0.3 is 0 Å². The molecule has 0 saturated heterocycles. The largest absolute Gasteiger partial charge is 0.493 e. The summed E-state index contributed by atoms with van der Waals surface area (Å²) in [5, 5.41) is 18.2. The normalized spacial score (nSPS) is 11.1. The van der Waals surface area contributed by atoms with Crippen molar-refractivity contribution in [3.8, 4) is 11.8 Å². The quantitative estimate of drug-likeness (QED) is 0.785. The highest BCUT2D eigenvalue weighted by molar-refractivity contribution is 5.40. The third-order valence-electron chi connectivity index (χ3n) is 2.96. The van der Waals surface area contributed by atoms with Crippen molar-refractivity contribution >= 4 is 0 Å². The molecule has 0 aliphatic carbocycles. The zero-order valence-electron chi connectivity index (χ0n) is 11.4. The van der Waals surface area contributed by atoms with Crippen molar-refractivity contribution in [2.45, 2.75) is 40.2 Å². The number of hydrogen-bond acceptors (Lipinski definition) is 3. The zero-order chi connectivity index (χ0) is 13.6. The first kappa shape index (κ1) is 14.5. The van der Waals surface area contributed by atoms with Crippen LogP contribution in [0.3, 0.4) is 0 Å². The molecule has 0 aromatic heterocycles. The fourth-order valence-corrected chi connectivity index (χ4v) is 1.79. The number of nitrogens with zero attached hydrogens (tertiary/aromatic N) is 1. The van der Waals surface area contributed by atoms with Gasteiger partial charge in [0.2, 0.25) is 0 Å². The summed E-state index contributed by atoms with van der Waals surface area (Å²) in [6.07, 6.45) is 1.64. The Balaban J connectivity index is 2.52. The second kappa shape index (κ2) is 6.42. The number of benzene rings is 1. The van der Waals surface area contributed by atoms with Gasteiger partial charge in [-0.2, -0.15) is 5.26 Å². The van der Waals surface area contributed by atoms with E-state index in [1.54, 1.807) is 0 Å². The first-order chi connectivity index (χ1) is 8.50. The van der Waals surface area contributed by atoms with Crippen molar-refractivity contribution in [1.82, 2.24) is 0 Å². The van der Waals surface area contributed by atoms with Gasteiger partial charge in [-0.3, -0.25) is 0 Å². The number of rotatable bonds is 6. The number of nitriles is 1. The minimum atomic E-state index is -0.297. The van der Waals surface area contributed by atoms with Crippen LogP contribution in [0.1, 0.15) is 37.8 Å². The fourth-order valence-electron chi connectivity index (χ4n) is 1.79. The lowest BCUT2D eigenvalue weighted by atomic mass is 9.90. The summed E-state index contributed by atoms with van der Waals surface area (Å²) >= 11 is 0. The number of ether oxygens (including phenoxy) is 1. The fraction of sp³-hybridized carbons (Fsp3) is 0.533. The van der Waals surface area contributed by atoms with Crippen LogP contribution in [-0.4, -0.2) is 11.7 Å². The average Bonchev–Trinajstić information content (AvgIpc) is 2.36. The van der Waals surface area contributed by atoms with Crippen LogP contribution < -0.4 is 4.74 Å². The van der Waals surface area contributed by atoms with Crippen molar-refractivity contribution < 1.29 is 9.84 Å². The van der Waals surface area contributed by atoms with Crippen LogP contribution >= 0.6 is 0 Å². The third-order valence-corrected chi connectivity index (χ3v) is 2.96. The van der Waals surface area contributed by atoms with Gasteiger partial charge in [-0.05, 0) is 39.2 Å². The molecule has 0 unspecified atom stereocenters. The molecular weight excluding hydrogens is 226 g/mol. The predicted molar refractivity (Wildman–Crippen MR) is 71.2 cm³/mol. The van der Waals surface area contributed by atoms with Crippen LogP contribution in [0.4, 0.5) is 0 Å². The Morgan fingerprint density at radius 3 is 2.72 bits per heavy atom. The standard InChI is InChI=1S/C15H21NO2/c1-12-6-4-7-13(10-17)14(12)18-9-5-8-15(2,3)11-16/h4,6-7,17H,5,8-10H2,1-3H3. The van der Waals surface area contributed by atoms with Gasteiger partial charge in [-0.15, -0.1) is 0 Å². The average molecular weight is 247 g/mol. The highest BCUT2D eigenvalue weighted by Crippen LogP contribution is 2.25. The van der Waals surface area contributed by atoms with Crippen LogP contribution in [0.25, 0.3) is 0 Å². The van der Waals surface area contributed by atoms with E-state index in [1.807, 2.05) is 39.0 Å². The second-order valence-electron chi connectivity index (χ2n) is 5.17. The molecule has 18 heavy (non-hydrogen) atoms. The molecule has 0 heterocycles. The van der Waals surface area contributed by atoms with E-state index >= 15 is 0 Å². The maximum absolute atomic E-state index is 9.24.